The highest BCUT2D eigenvalue weighted by Gasteiger charge is 2.16. The van der Waals surface area contributed by atoms with E-state index in [1.54, 1.807) is 0 Å². The van der Waals surface area contributed by atoms with Gasteiger partial charge in [0.05, 0.1) is 5.56 Å². The molecule has 0 heterocycles. The second-order valence-corrected chi connectivity index (χ2v) is 7.17. The minimum absolute atomic E-state index is 0.0403. The zero-order valence-corrected chi connectivity index (χ0v) is 15.3. The molecule has 0 bridgehead atoms. The van der Waals surface area contributed by atoms with Gasteiger partial charge in [0.25, 0.3) is 0 Å². The molecule has 0 N–H and O–H groups in total. The van der Waals surface area contributed by atoms with Crippen molar-refractivity contribution in [2.45, 2.75) is 90.6 Å². The van der Waals surface area contributed by atoms with Gasteiger partial charge in [-0.1, -0.05) is 75.5 Å². The van der Waals surface area contributed by atoms with E-state index in [0.717, 1.165) is 36.8 Å². The number of benzene rings is 1. The van der Waals surface area contributed by atoms with Crippen LogP contribution >= 0.6 is 0 Å². The van der Waals surface area contributed by atoms with E-state index in [-0.39, 0.29) is 12.1 Å². The molecule has 24 heavy (non-hydrogen) atoms. The molecule has 0 saturated heterocycles. The monoisotopic (exact) mass is 332 g/mol. The fourth-order valence-electron chi connectivity index (χ4n) is 3.33. The van der Waals surface area contributed by atoms with Crippen molar-refractivity contribution in [3.8, 4) is 0 Å². The van der Waals surface area contributed by atoms with Gasteiger partial charge in [-0.25, -0.2) is 4.79 Å². The van der Waals surface area contributed by atoms with Crippen molar-refractivity contribution in [2.75, 3.05) is 0 Å². The first-order valence-corrected chi connectivity index (χ1v) is 9.62. The van der Waals surface area contributed by atoms with E-state index in [2.05, 4.69) is 0 Å². The summed E-state index contributed by atoms with van der Waals surface area (Å²) in [6.07, 6.45) is 13.6. The summed E-state index contributed by atoms with van der Waals surface area (Å²) in [6, 6.07) is 5.81. The molecule has 0 atom stereocenters. The Balaban J connectivity index is 1.84. The summed E-state index contributed by atoms with van der Waals surface area (Å²) in [6.45, 7) is 3.90. The number of hydrogen-bond acceptors (Lipinski definition) is 3. The number of rotatable bonds is 3. The average molecular weight is 332 g/mol. The van der Waals surface area contributed by atoms with Crippen molar-refractivity contribution in [2.24, 2.45) is 0 Å². The summed E-state index contributed by atoms with van der Waals surface area (Å²) in [5, 5.41) is 0. The third-order valence-electron chi connectivity index (χ3n) is 4.93. The average Bonchev–Trinajstić information content (AvgIpc) is 2.56. The molecule has 0 radical (unpaired) electrons. The molecule has 1 aromatic carbocycles. The zero-order valence-electron chi connectivity index (χ0n) is 15.3. The maximum Gasteiger partial charge on any atom is 0.373 e. The van der Waals surface area contributed by atoms with Crippen LogP contribution in [0.25, 0.3) is 0 Å². The van der Waals surface area contributed by atoms with Gasteiger partial charge < -0.3 is 0 Å². The first-order chi connectivity index (χ1) is 11.7. The second-order valence-electron chi connectivity index (χ2n) is 7.17. The lowest BCUT2D eigenvalue weighted by molar-refractivity contribution is -0.277. The van der Waals surface area contributed by atoms with Crippen molar-refractivity contribution in [3.63, 3.8) is 0 Å². The van der Waals surface area contributed by atoms with Crippen molar-refractivity contribution in [3.05, 3.63) is 34.9 Å². The normalized spacial score (nSPS) is 18.4. The molecule has 3 nitrogen and oxygen atoms in total. The van der Waals surface area contributed by atoms with Crippen LogP contribution in [0, 0.1) is 13.8 Å². The van der Waals surface area contributed by atoms with Gasteiger partial charge in [-0.2, -0.15) is 4.89 Å². The molecule has 1 fully saturated rings. The summed E-state index contributed by atoms with van der Waals surface area (Å²) in [5.41, 5.74) is 2.58. The van der Waals surface area contributed by atoms with Gasteiger partial charge in [0.15, 0.2) is 0 Å². The third-order valence-corrected chi connectivity index (χ3v) is 4.93. The highest BCUT2D eigenvalue weighted by Crippen LogP contribution is 2.20. The molecule has 1 saturated carbocycles. The summed E-state index contributed by atoms with van der Waals surface area (Å²) in [5.74, 6) is -0.373. The molecule has 0 spiro atoms. The van der Waals surface area contributed by atoms with E-state index in [4.69, 9.17) is 9.78 Å². The van der Waals surface area contributed by atoms with Gasteiger partial charge in [-0.15, -0.1) is 0 Å². The first-order valence-electron chi connectivity index (χ1n) is 9.62. The van der Waals surface area contributed by atoms with Crippen molar-refractivity contribution in [1.29, 1.82) is 0 Å². The Morgan fingerprint density at radius 1 is 0.875 bits per heavy atom. The molecule has 3 heteroatoms. The highest BCUT2D eigenvalue weighted by atomic mass is 17.2. The van der Waals surface area contributed by atoms with Crippen molar-refractivity contribution in [1.82, 2.24) is 0 Å². The molecular weight excluding hydrogens is 300 g/mol. The molecule has 0 aromatic heterocycles. The fourth-order valence-corrected chi connectivity index (χ4v) is 3.33. The van der Waals surface area contributed by atoms with Crippen LogP contribution in [0.1, 0.15) is 92.1 Å². The fraction of sp³-hybridized carbons (Fsp3) is 0.667. The number of aryl methyl sites for hydroxylation is 2. The quantitative estimate of drug-likeness (QED) is 0.498. The Morgan fingerprint density at radius 2 is 1.42 bits per heavy atom. The summed E-state index contributed by atoms with van der Waals surface area (Å²) >= 11 is 0. The highest BCUT2D eigenvalue weighted by molar-refractivity contribution is 5.90. The van der Waals surface area contributed by atoms with Crippen LogP contribution in [0.4, 0.5) is 0 Å². The van der Waals surface area contributed by atoms with E-state index in [1.807, 2.05) is 32.0 Å². The van der Waals surface area contributed by atoms with Crippen LogP contribution in [0.15, 0.2) is 18.2 Å². The van der Waals surface area contributed by atoms with E-state index in [9.17, 15) is 4.79 Å². The lowest BCUT2D eigenvalue weighted by atomic mass is 9.99. The number of carbonyl (C=O) groups excluding carboxylic acids is 1. The smallest absolute Gasteiger partial charge is 0.293 e. The number of carbonyl (C=O) groups is 1. The molecule has 0 amide bonds. The molecule has 134 valence electrons. The molecule has 0 aliphatic heterocycles. The Kier molecular flexibility index (Phi) is 8.31. The molecule has 1 aliphatic carbocycles. The van der Waals surface area contributed by atoms with Gasteiger partial charge in [-0.05, 0) is 38.3 Å². The van der Waals surface area contributed by atoms with Gasteiger partial charge in [-0.3, -0.25) is 4.89 Å². The Morgan fingerprint density at radius 3 is 2.00 bits per heavy atom. The Bertz CT molecular complexity index is 498. The van der Waals surface area contributed by atoms with E-state index >= 15 is 0 Å². The summed E-state index contributed by atoms with van der Waals surface area (Å²) in [7, 11) is 0. The zero-order chi connectivity index (χ0) is 17.2. The third kappa shape index (κ3) is 6.64. The first kappa shape index (κ1) is 19.0. The standard InChI is InChI=1S/C21H32O3/c1-17-14-15-18(2)20(16-17)21(22)24-23-19-12-10-8-6-4-3-5-7-9-11-13-19/h14-16,19H,3-13H2,1-2H3. The topological polar surface area (TPSA) is 35.5 Å². The van der Waals surface area contributed by atoms with E-state index < -0.39 is 0 Å². The number of hydrogen-bond donors (Lipinski definition) is 0. The lowest BCUT2D eigenvalue weighted by Gasteiger charge is -2.17. The predicted molar refractivity (Wildman–Crippen MR) is 97.0 cm³/mol. The second kappa shape index (κ2) is 10.5. The minimum Gasteiger partial charge on any atom is -0.293 e. The van der Waals surface area contributed by atoms with Crippen LogP contribution < -0.4 is 0 Å². The Hall–Kier alpha value is -1.35. The predicted octanol–water partition coefficient (Wildman–Crippen LogP) is 6.07. The summed E-state index contributed by atoms with van der Waals surface area (Å²) < 4.78 is 0. The molecule has 1 aliphatic rings. The van der Waals surface area contributed by atoms with Crippen molar-refractivity contribution >= 4 is 5.97 Å². The summed E-state index contributed by atoms with van der Waals surface area (Å²) in [4.78, 5) is 23.0. The molecule has 2 rings (SSSR count). The van der Waals surface area contributed by atoms with Gasteiger partial charge >= 0.3 is 5.97 Å². The maximum absolute atomic E-state index is 12.3. The van der Waals surface area contributed by atoms with Gasteiger partial charge in [0.2, 0.25) is 0 Å². The maximum atomic E-state index is 12.3. The van der Waals surface area contributed by atoms with Crippen LogP contribution in [0.2, 0.25) is 0 Å². The van der Waals surface area contributed by atoms with Crippen LogP contribution in [-0.2, 0) is 9.78 Å². The SMILES string of the molecule is Cc1ccc(C)c(C(=O)OOC2CCCCCCCCCCC2)c1. The van der Waals surface area contributed by atoms with E-state index in [1.165, 1.54) is 44.9 Å². The van der Waals surface area contributed by atoms with Gasteiger partial charge in [0.1, 0.15) is 6.10 Å². The molecule has 1 aromatic rings. The van der Waals surface area contributed by atoms with E-state index in [0.29, 0.717) is 5.56 Å². The molecule has 0 unspecified atom stereocenters. The lowest BCUT2D eigenvalue weighted by Crippen LogP contribution is -2.17. The van der Waals surface area contributed by atoms with Gasteiger partial charge in [0, 0.05) is 0 Å². The largest absolute Gasteiger partial charge is 0.373 e. The Labute approximate surface area is 146 Å². The van der Waals surface area contributed by atoms with Crippen molar-refractivity contribution < 1.29 is 14.6 Å². The van der Waals surface area contributed by atoms with Crippen LogP contribution in [-0.4, -0.2) is 12.1 Å². The van der Waals surface area contributed by atoms with Crippen LogP contribution in [0.3, 0.4) is 0 Å². The molecular formula is C21H32O3. The minimum atomic E-state index is -0.373. The van der Waals surface area contributed by atoms with Crippen LogP contribution in [0.5, 0.6) is 0 Å².